The van der Waals surface area contributed by atoms with E-state index >= 15 is 0 Å². The average molecular weight is 1720 g/mol. The number of benzene rings is 2. The molecule has 0 saturated carbocycles. The fourth-order valence-electron chi connectivity index (χ4n) is 7.28. The SMILES string of the molecule is CC(C)C[C@H](N)C(=O)O.CC[C@H](C)[C@H](N)C(=O)O.CSCC[C@H](N)C(=O)O.C[C@@H](O)[C@H](N)C(=O)O.C[C@H](N)C(=O)O.N=C(N)NCCC[C@H](N)C(=O)O.NC(=O)CC[C@H](N)C(=O)O.NCCCC[C@H](N)C(=O)O.N[C@@H](CCC(=O)O)C(=O)O.N[C@@H](Cc1c[nH]c2ccccc12)C(=O)O.N[C@@H](Cc1ccccc1)C(=O)O.O=C(O)[C@@H]1CCCN1. The van der Waals surface area contributed by atoms with Crippen LogP contribution in [0.3, 0.4) is 0 Å². The van der Waals surface area contributed by atoms with Crippen molar-refractivity contribution in [3.8, 4) is 0 Å². The van der Waals surface area contributed by atoms with Crippen molar-refractivity contribution in [1.29, 1.82) is 5.41 Å². The molecule has 46 nitrogen and oxygen atoms in total. The first-order valence-electron chi connectivity index (χ1n) is 36.3. The zero-order valence-electron chi connectivity index (χ0n) is 67.5. The van der Waals surface area contributed by atoms with Crippen molar-refractivity contribution in [2.24, 2.45) is 92.1 Å². The largest absolute Gasteiger partial charge is 0.481 e. The lowest BCUT2D eigenvalue weighted by Gasteiger charge is -2.11. The summed E-state index contributed by atoms with van der Waals surface area (Å²) in [4.78, 5) is 144. The molecule has 0 spiro atoms. The maximum Gasteiger partial charge on any atom is 0.323 e. The Morgan fingerprint density at radius 1 is 0.508 bits per heavy atom. The predicted octanol–water partition coefficient (Wildman–Crippen LogP) is -3.06. The number of aromatic nitrogens is 1. The van der Waals surface area contributed by atoms with Crippen LogP contribution in [0.15, 0.2) is 60.8 Å². The molecule has 680 valence electrons. The molecule has 0 unspecified atom stereocenters. The topological polar surface area (TPSA) is 950 Å². The van der Waals surface area contributed by atoms with E-state index in [0.717, 1.165) is 66.4 Å². The smallest absolute Gasteiger partial charge is 0.323 e. The zero-order valence-corrected chi connectivity index (χ0v) is 68.4. The van der Waals surface area contributed by atoms with Crippen molar-refractivity contribution in [2.75, 3.05) is 31.6 Å². The molecule has 1 aromatic heterocycles. The molecule has 46 N–H and O–H groups in total. The van der Waals surface area contributed by atoms with Gasteiger partial charge in [0.1, 0.15) is 72.5 Å². The second-order valence-electron chi connectivity index (χ2n) is 25.9. The summed E-state index contributed by atoms with van der Waals surface area (Å²) in [7, 11) is 0. The van der Waals surface area contributed by atoms with Crippen LogP contribution in [-0.4, -0.2) is 276 Å². The quantitative estimate of drug-likeness (QED) is 0.0154. The zero-order chi connectivity index (χ0) is 93.7. The Kier molecular flexibility index (Phi) is 78.7. The van der Waals surface area contributed by atoms with Gasteiger partial charge in [0.15, 0.2) is 5.96 Å². The van der Waals surface area contributed by atoms with Gasteiger partial charge in [-0.25, -0.2) is 0 Å². The van der Waals surface area contributed by atoms with Crippen LogP contribution in [0.4, 0.5) is 0 Å². The molecule has 118 heavy (non-hydrogen) atoms. The first kappa shape index (κ1) is 123. The molecular formula is C71H132N18O28S. The number of nitrogens with one attached hydrogen (secondary N) is 4. The van der Waals surface area contributed by atoms with Crippen molar-refractivity contribution in [3.05, 3.63) is 71.9 Å². The van der Waals surface area contributed by atoms with Crippen LogP contribution in [0.2, 0.25) is 0 Å². The highest BCUT2D eigenvalue weighted by Crippen LogP contribution is 2.19. The van der Waals surface area contributed by atoms with Gasteiger partial charge in [0, 0.05) is 42.9 Å². The Morgan fingerprint density at radius 3 is 1.23 bits per heavy atom. The van der Waals surface area contributed by atoms with Gasteiger partial charge < -0.3 is 167 Å². The number of H-pyrrole nitrogens is 1. The minimum Gasteiger partial charge on any atom is -0.481 e. The number of hydrogen-bond acceptors (Lipinski definition) is 30. The van der Waals surface area contributed by atoms with Crippen LogP contribution in [0, 0.1) is 17.2 Å². The number of unbranched alkanes of at least 4 members (excludes halogenated alkanes) is 1. The van der Waals surface area contributed by atoms with Crippen molar-refractivity contribution < 1.29 is 139 Å². The van der Waals surface area contributed by atoms with Crippen molar-refractivity contribution in [2.45, 2.75) is 223 Å². The fraction of sp³-hybridized carbons (Fsp3) is 0.592. The second kappa shape index (κ2) is 75.4. The Labute approximate surface area is 687 Å². The lowest BCUT2D eigenvalue weighted by atomic mass is 10.0. The van der Waals surface area contributed by atoms with Gasteiger partial charge in [-0.15, -0.1) is 0 Å². The van der Waals surface area contributed by atoms with E-state index in [1.165, 1.54) is 13.8 Å². The van der Waals surface area contributed by atoms with Crippen LogP contribution in [0.1, 0.15) is 143 Å². The van der Waals surface area contributed by atoms with Crippen molar-refractivity contribution in [1.82, 2.24) is 15.6 Å². The number of carbonyl (C=O) groups is 14. The van der Waals surface area contributed by atoms with Gasteiger partial charge in [-0.05, 0) is 139 Å². The van der Waals surface area contributed by atoms with Crippen LogP contribution in [-0.2, 0) is 80.0 Å². The van der Waals surface area contributed by atoms with Crippen LogP contribution < -0.4 is 90.9 Å². The number of fused-ring (bicyclic) bond motifs is 1. The number of aliphatic carboxylic acids is 13. The summed E-state index contributed by atoms with van der Waals surface area (Å²) >= 11 is 1.60. The minimum absolute atomic E-state index is 0.0213. The Hall–Kier alpha value is -10.4. The van der Waals surface area contributed by atoms with Crippen LogP contribution in [0.25, 0.3) is 10.9 Å². The number of rotatable bonds is 38. The molecule has 2 heterocycles. The fourth-order valence-corrected chi connectivity index (χ4v) is 7.77. The van der Waals surface area contributed by atoms with E-state index in [1.807, 2.05) is 94.7 Å². The number of aliphatic hydroxyl groups is 1. The summed E-state index contributed by atoms with van der Waals surface area (Å²) in [6.07, 6.45) is 10.2. The molecule has 1 aliphatic heterocycles. The highest BCUT2D eigenvalue weighted by Gasteiger charge is 2.22. The van der Waals surface area contributed by atoms with E-state index in [0.29, 0.717) is 64.0 Å². The predicted molar refractivity (Wildman–Crippen MR) is 439 cm³/mol. The van der Waals surface area contributed by atoms with E-state index in [2.05, 4.69) is 15.6 Å². The number of carboxylic acids is 13. The summed E-state index contributed by atoms with van der Waals surface area (Å²) in [5.41, 5.74) is 74.6. The molecule has 0 radical (unpaired) electrons. The second-order valence-corrected chi connectivity index (χ2v) is 26.9. The van der Waals surface area contributed by atoms with E-state index in [1.54, 1.807) is 11.8 Å². The monoisotopic (exact) mass is 1720 g/mol. The summed E-state index contributed by atoms with van der Waals surface area (Å²) in [5, 5.41) is 129. The van der Waals surface area contributed by atoms with Crippen LogP contribution in [0.5, 0.6) is 0 Å². The third-order valence-electron chi connectivity index (χ3n) is 14.8. The third kappa shape index (κ3) is 79.5. The molecule has 3 aromatic rings. The summed E-state index contributed by atoms with van der Waals surface area (Å²) < 4.78 is 0. The summed E-state index contributed by atoms with van der Waals surface area (Å²) in [6, 6.07) is 7.65. The molecule has 14 atom stereocenters. The number of thioether (sulfide) groups is 1. The molecule has 0 aliphatic carbocycles. The first-order valence-corrected chi connectivity index (χ1v) is 37.7. The highest BCUT2D eigenvalue weighted by atomic mass is 32.2. The van der Waals surface area contributed by atoms with Crippen molar-refractivity contribution >= 4 is 112 Å². The molecule has 1 saturated heterocycles. The van der Waals surface area contributed by atoms with E-state index in [9.17, 15) is 67.1 Å². The summed E-state index contributed by atoms with van der Waals surface area (Å²) in [6.45, 7) is 12.3. The lowest BCUT2D eigenvalue weighted by Crippen LogP contribution is -2.39. The number of para-hydroxylation sites is 1. The van der Waals surface area contributed by atoms with E-state index in [-0.39, 0.29) is 43.6 Å². The van der Waals surface area contributed by atoms with Gasteiger partial charge in [-0.2, -0.15) is 11.8 Å². The number of primary amides is 1. The number of amides is 1. The normalized spacial score (nSPS) is 14.5. The molecule has 2 aromatic carbocycles. The first-order chi connectivity index (χ1) is 54.5. The molecular weight excluding hydrogens is 1580 g/mol. The third-order valence-corrected chi connectivity index (χ3v) is 15.4. The summed E-state index contributed by atoms with van der Waals surface area (Å²) in [5.74, 6) is -12.2. The number of guanidine groups is 1. The van der Waals surface area contributed by atoms with Gasteiger partial charge in [-0.3, -0.25) is 72.5 Å². The molecule has 47 heteroatoms. The minimum atomic E-state index is -1.18. The standard InChI is InChI=1S/C11H12N2O2.C9H11NO2.C6H14N4O2.C6H14N2O2.2C6H13NO2.C5H10N2O3.C5H9NO4.C5H11NO2S.C5H9NO2.C4H9NO3.C3H7NO2/c12-9(11(14)15)5-7-6-13-10-4-2-1-3-8(7)10;10-8(9(11)12)6-7-4-2-1-3-5-7;7-4(5(11)12)2-1-3-10-6(8)9;7-4-2-1-3-5(8)6(9)10;1-4(2)3-5(7)6(8)9;1-3-4(2)5(7)6(8)9;2*6-3(5(9)10)1-2-4(7)8;1-9-3-2-4(6)5(7)8;7-5(8)4-2-1-3-6-4;1-2(6)3(5)4(7)8;1-2(4)3(5)6/h1-4,6,9,13H,5,12H2,(H,14,15);1-5,8H,6,10H2,(H,11,12);4H,1-3,7H2,(H,11,12)(H4,8,9,10);5H,1-4,7-8H2,(H,9,10);2*4-5H,3,7H2,1-2H3,(H,8,9);3H,1-2,6H2,(H2,7,8)(H,9,10);3H,1-2,6H2,(H,7,8)(H,9,10);4H,2-3,6H2,1H3,(H,7,8);4,6H,1-3H2,(H,7,8);2-3,6H,5H2,1H3,(H,7,8);2H,4H2,1H3,(H,5,6)/t9-;8-;4-;2*5-;4-,5-;2*3-;2*4-;2-,3+;2-/m000000000010/s1. The highest BCUT2D eigenvalue weighted by molar-refractivity contribution is 7.98. The number of aliphatic hydroxyl groups excluding tert-OH is 1. The Morgan fingerprint density at radius 2 is 0.915 bits per heavy atom. The maximum absolute atomic E-state index is 10.6. The number of aromatic amines is 1. The van der Waals surface area contributed by atoms with Gasteiger partial charge >= 0.3 is 77.6 Å². The molecule has 1 amide bonds. The van der Waals surface area contributed by atoms with Gasteiger partial charge in [-0.1, -0.05) is 89.1 Å². The number of carboxylic acid groups (broad SMARTS) is 13. The number of nitrogens with two attached hydrogens (primary N) is 14. The Balaban J connectivity index is -0.000000188. The van der Waals surface area contributed by atoms with Crippen LogP contribution >= 0.6 is 11.8 Å². The van der Waals surface area contributed by atoms with E-state index in [4.69, 9.17) is 157 Å². The lowest BCUT2D eigenvalue weighted by molar-refractivity contribution is -0.141. The molecule has 1 fully saturated rings. The van der Waals surface area contributed by atoms with Gasteiger partial charge in [0.2, 0.25) is 5.91 Å². The van der Waals surface area contributed by atoms with Gasteiger partial charge in [0.25, 0.3) is 0 Å². The molecule has 1 aliphatic rings. The maximum atomic E-state index is 10.6. The average Bonchev–Trinajstić information content (AvgIpc) is 1.69. The van der Waals surface area contributed by atoms with Crippen molar-refractivity contribution in [3.63, 3.8) is 0 Å². The Bertz CT molecular complexity index is 3280. The van der Waals surface area contributed by atoms with Gasteiger partial charge in [0.05, 0.1) is 6.10 Å². The molecule has 0 bridgehead atoms. The van der Waals surface area contributed by atoms with E-state index < -0.39 is 156 Å². The molecule has 4 rings (SSSR count). The number of hydrogen-bond donors (Lipinski definition) is 32. The number of carbonyl (C=O) groups excluding carboxylic acids is 1.